The molecule has 3 atom stereocenters. The van der Waals surface area contributed by atoms with Crippen molar-refractivity contribution in [2.45, 2.75) is 22.7 Å². The van der Waals surface area contributed by atoms with Crippen molar-refractivity contribution < 1.29 is 18.8 Å². The fraction of sp³-hybridized carbons (Fsp3) is 0.143. The van der Waals surface area contributed by atoms with Crippen molar-refractivity contribution in [3.8, 4) is 0 Å². The molecule has 6 rings (SSSR count). The number of aromatic nitrogens is 1. The highest BCUT2D eigenvalue weighted by molar-refractivity contribution is 8.00. The summed E-state index contributed by atoms with van der Waals surface area (Å²) in [7, 11) is 0. The number of amides is 3. The zero-order valence-electron chi connectivity index (χ0n) is 20.0. The lowest BCUT2D eigenvalue weighted by Crippen LogP contribution is -2.33. The van der Waals surface area contributed by atoms with Crippen LogP contribution in [-0.2, 0) is 20.9 Å². The highest BCUT2D eigenvalue weighted by Crippen LogP contribution is 2.53. The highest BCUT2D eigenvalue weighted by atomic mass is 35.5. The van der Waals surface area contributed by atoms with Gasteiger partial charge in [0.25, 0.3) is 0 Å². The number of fused-ring (bicyclic) bond motifs is 2. The van der Waals surface area contributed by atoms with E-state index in [1.807, 2.05) is 30.3 Å². The van der Waals surface area contributed by atoms with E-state index in [-0.39, 0.29) is 23.2 Å². The number of nitrogens with one attached hydrogen (secondary N) is 1. The number of nitrogens with zero attached hydrogens (tertiary/aromatic N) is 2. The Morgan fingerprint density at radius 1 is 0.923 bits per heavy atom. The number of anilines is 2. The van der Waals surface area contributed by atoms with E-state index in [0.717, 1.165) is 28.7 Å². The number of carbonyl (C=O) groups excluding carboxylic acids is 3. The summed E-state index contributed by atoms with van der Waals surface area (Å²) in [5.74, 6) is -2.91. The number of rotatable bonds is 5. The zero-order valence-corrected chi connectivity index (χ0v) is 22.4. The quantitative estimate of drug-likeness (QED) is 0.331. The fourth-order valence-corrected chi connectivity index (χ4v) is 7.90. The lowest BCUT2D eigenvalue weighted by Gasteiger charge is -2.30. The Morgan fingerprint density at radius 2 is 1.62 bits per heavy atom. The summed E-state index contributed by atoms with van der Waals surface area (Å²) in [5.41, 5.74) is 1.62. The van der Waals surface area contributed by atoms with Crippen molar-refractivity contribution in [1.29, 1.82) is 0 Å². The number of carbonyl (C=O) groups is 3. The molecule has 4 aromatic rings. The van der Waals surface area contributed by atoms with Crippen LogP contribution in [0.15, 0.2) is 88.7 Å². The smallest absolute Gasteiger partial charge is 0.308 e. The molecule has 39 heavy (non-hydrogen) atoms. The molecule has 3 amide bonds. The first kappa shape index (κ1) is 25.5. The summed E-state index contributed by atoms with van der Waals surface area (Å²) < 4.78 is 14.6. The van der Waals surface area contributed by atoms with Gasteiger partial charge in [0.2, 0.25) is 17.7 Å². The molecule has 0 aliphatic carbocycles. The van der Waals surface area contributed by atoms with Gasteiger partial charge in [0.05, 0.1) is 16.6 Å². The average Bonchev–Trinajstić information content (AvgIpc) is 3.37. The molecule has 2 aliphatic rings. The number of halogens is 2. The van der Waals surface area contributed by atoms with Crippen molar-refractivity contribution in [3.05, 3.63) is 110 Å². The summed E-state index contributed by atoms with van der Waals surface area (Å²) in [6.45, 7) is -0.295. The molecular formula is C28H19ClFN3O4S2. The Kier molecular flexibility index (Phi) is 6.62. The number of thiazole rings is 1. The van der Waals surface area contributed by atoms with E-state index in [1.54, 1.807) is 24.3 Å². The van der Waals surface area contributed by atoms with E-state index < -0.39 is 28.8 Å². The molecule has 1 N–H and O–H groups in total. The second-order valence-corrected chi connectivity index (χ2v) is 11.7. The summed E-state index contributed by atoms with van der Waals surface area (Å²) >= 11 is 8.14. The number of thioether (sulfide) groups is 1. The van der Waals surface area contributed by atoms with Gasteiger partial charge in [-0.3, -0.25) is 23.7 Å². The van der Waals surface area contributed by atoms with Crippen molar-refractivity contribution in [2.75, 3.05) is 10.2 Å². The maximum absolute atomic E-state index is 13.8. The minimum Gasteiger partial charge on any atom is -0.325 e. The first-order chi connectivity index (χ1) is 18.8. The third-order valence-electron chi connectivity index (χ3n) is 6.72. The standard InChI is InChI=1S/C28H19ClFN3O4S2/c29-16-6-12-19(13-7-16)33-25(35)22-21(15-4-2-1-3-5-15)24-27(38-23(22)26(33)36)32(28(37)39-24)14-20(34)31-18-10-8-17(30)9-11-18/h1-13,21-23H,14H2,(H,31,34)/t21-,22-,23+/m0/s1. The van der Waals surface area contributed by atoms with Gasteiger partial charge >= 0.3 is 4.87 Å². The predicted octanol–water partition coefficient (Wildman–Crippen LogP) is 5.14. The van der Waals surface area contributed by atoms with Crippen LogP contribution in [0.4, 0.5) is 15.8 Å². The van der Waals surface area contributed by atoms with Gasteiger partial charge < -0.3 is 5.32 Å². The zero-order chi connectivity index (χ0) is 27.3. The number of imide groups is 1. The maximum Gasteiger partial charge on any atom is 0.308 e. The molecule has 2 aliphatic heterocycles. The summed E-state index contributed by atoms with van der Waals surface area (Å²) in [4.78, 5) is 55.0. The van der Waals surface area contributed by atoms with Crippen LogP contribution < -0.4 is 15.1 Å². The van der Waals surface area contributed by atoms with Crippen LogP contribution in [0.25, 0.3) is 0 Å². The van der Waals surface area contributed by atoms with Gasteiger partial charge in [-0.25, -0.2) is 9.29 Å². The molecule has 7 nitrogen and oxygen atoms in total. The minimum atomic E-state index is -0.786. The minimum absolute atomic E-state index is 0.295. The first-order valence-corrected chi connectivity index (χ1v) is 14.0. The van der Waals surface area contributed by atoms with E-state index in [1.165, 1.54) is 33.7 Å². The molecule has 1 saturated heterocycles. The summed E-state index contributed by atoms with van der Waals surface area (Å²) in [5, 5.41) is 2.86. The first-order valence-electron chi connectivity index (χ1n) is 12.0. The third kappa shape index (κ3) is 4.58. The monoisotopic (exact) mass is 579 g/mol. The topological polar surface area (TPSA) is 88.5 Å². The number of hydrogen-bond donors (Lipinski definition) is 1. The molecule has 196 valence electrons. The van der Waals surface area contributed by atoms with Crippen LogP contribution in [0.2, 0.25) is 5.02 Å². The Morgan fingerprint density at radius 3 is 2.31 bits per heavy atom. The Labute approximate surface area is 235 Å². The SMILES string of the molecule is O=C(Cn1c2c(sc1=O)[C@@H](c1ccccc1)[C@@H]1C(=O)N(c3ccc(Cl)cc3)C(=O)[C@@H]1S2)Nc1ccc(F)cc1. The van der Waals surface area contributed by atoms with E-state index in [2.05, 4.69) is 5.32 Å². The molecule has 0 radical (unpaired) electrons. The van der Waals surface area contributed by atoms with Crippen LogP contribution in [0.5, 0.6) is 0 Å². The van der Waals surface area contributed by atoms with E-state index in [9.17, 15) is 23.6 Å². The number of hydrogen-bond acceptors (Lipinski definition) is 6. The molecule has 0 saturated carbocycles. The van der Waals surface area contributed by atoms with Crippen molar-refractivity contribution in [2.24, 2.45) is 5.92 Å². The van der Waals surface area contributed by atoms with Crippen LogP contribution >= 0.6 is 34.7 Å². The molecule has 0 bridgehead atoms. The lowest BCUT2D eigenvalue weighted by atomic mass is 9.83. The van der Waals surface area contributed by atoms with Crippen LogP contribution in [-0.4, -0.2) is 27.5 Å². The van der Waals surface area contributed by atoms with Gasteiger partial charge in [-0.2, -0.15) is 0 Å². The van der Waals surface area contributed by atoms with E-state index >= 15 is 0 Å². The van der Waals surface area contributed by atoms with Crippen molar-refractivity contribution in [1.82, 2.24) is 4.57 Å². The normalized spacial score (nSPS) is 20.1. The third-order valence-corrected chi connectivity index (χ3v) is 9.58. The van der Waals surface area contributed by atoms with Crippen LogP contribution in [0, 0.1) is 11.7 Å². The second-order valence-electron chi connectivity index (χ2n) is 9.12. The molecule has 3 heterocycles. The molecule has 3 aromatic carbocycles. The molecule has 0 spiro atoms. The molecule has 11 heteroatoms. The Bertz CT molecular complexity index is 1660. The second kappa shape index (κ2) is 10.1. The number of benzene rings is 3. The fourth-order valence-electron chi connectivity index (χ4n) is 5.00. The van der Waals surface area contributed by atoms with Gasteiger partial charge in [-0.05, 0) is 54.1 Å². The van der Waals surface area contributed by atoms with Crippen molar-refractivity contribution >= 4 is 63.8 Å². The van der Waals surface area contributed by atoms with E-state index in [4.69, 9.17) is 11.6 Å². The largest absolute Gasteiger partial charge is 0.325 e. The maximum atomic E-state index is 13.8. The van der Waals surface area contributed by atoms with Gasteiger partial charge in [0, 0.05) is 21.5 Å². The lowest BCUT2D eigenvalue weighted by molar-refractivity contribution is -0.122. The summed E-state index contributed by atoms with van der Waals surface area (Å²) in [6.07, 6.45) is 0. The van der Waals surface area contributed by atoms with Gasteiger partial charge in [0.1, 0.15) is 17.6 Å². The molecule has 1 fully saturated rings. The Balaban J connectivity index is 1.39. The highest BCUT2D eigenvalue weighted by Gasteiger charge is 2.56. The van der Waals surface area contributed by atoms with E-state index in [0.29, 0.717) is 26.3 Å². The predicted molar refractivity (Wildman–Crippen MR) is 149 cm³/mol. The van der Waals surface area contributed by atoms with Gasteiger partial charge in [-0.1, -0.05) is 65.0 Å². The molecular weight excluding hydrogens is 561 g/mol. The van der Waals surface area contributed by atoms with Crippen LogP contribution in [0.3, 0.4) is 0 Å². The van der Waals surface area contributed by atoms with Crippen LogP contribution in [0.1, 0.15) is 16.4 Å². The summed E-state index contributed by atoms with van der Waals surface area (Å²) in [6, 6.07) is 21.1. The van der Waals surface area contributed by atoms with Crippen molar-refractivity contribution in [3.63, 3.8) is 0 Å². The van der Waals surface area contributed by atoms with Gasteiger partial charge in [0.15, 0.2) is 0 Å². The molecule has 1 aromatic heterocycles. The Hall–Kier alpha value is -3.73. The van der Waals surface area contributed by atoms with Gasteiger partial charge in [-0.15, -0.1) is 0 Å². The molecule has 0 unspecified atom stereocenters. The average molecular weight is 580 g/mol.